The summed E-state index contributed by atoms with van der Waals surface area (Å²) in [5.74, 6) is -0.751. The summed E-state index contributed by atoms with van der Waals surface area (Å²) in [6.45, 7) is 1.70. The van der Waals surface area contributed by atoms with E-state index in [-0.39, 0.29) is 64.0 Å². The number of anilines is 2. The van der Waals surface area contributed by atoms with Crippen molar-refractivity contribution < 1.29 is 23.9 Å². The number of thiazole rings is 1. The van der Waals surface area contributed by atoms with Crippen molar-refractivity contribution in [1.82, 2.24) is 4.98 Å². The number of methoxy groups -OCH3 is 1. The maximum Gasteiger partial charge on any atom is 0.305 e. The van der Waals surface area contributed by atoms with Gasteiger partial charge in [-0.2, -0.15) is 0 Å². The van der Waals surface area contributed by atoms with E-state index in [1.807, 2.05) is 43.3 Å². The van der Waals surface area contributed by atoms with Gasteiger partial charge in [0.1, 0.15) is 0 Å². The fourth-order valence-electron chi connectivity index (χ4n) is 8.25. The van der Waals surface area contributed by atoms with Gasteiger partial charge in [0.25, 0.3) is 5.91 Å². The molecule has 6 unspecified atom stereocenters. The van der Waals surface area contributed by atoms with E-state index >= 15 is 0 Å². The Labute approximate surface area is 293 Å². The number of benzene rings is 3. The minimum Gasteiger partial charge on any atom is -0.493 e. The number of ether oxygens (including phenoxy) is 2. The lowest BCUT2D eigenvalue weighted by molar-refractivity contribution is -0.123. The monoisotopic (exact) mass is 721 g/mol. The van der Waals surface area contributed by atoms with Gasteiger partial charge in [0.15, 0.2) is 18.1 Å². The summed E-state index contributed by atoms with van der Waals surface area (Å²) >= 11 is 14.9. The number of aryl methyl sites for hydroxylation is 1. The fraction of sp³-hybridized carbons (Fsp3) is 0.314. The van der Waals surface area contributed by atoms with Crippen LogP contribution >= 0.6 is 46.3 Å². The summed E-state index contributed by atoms with van der Waals surface area (Å²) in [6.07, 6.45) is 0.791. The summed E-state index contributed by atoms with van der Waals surface area (Å²) in [7, 11) is 1.53. The molecule has 8 rings (SSSR count). The van der Waals surface area contributed by atoms with E-state index in [1.165, 1.54) is 23.3 Å². The van der Waals surface area contributed by atoms with Crippen molar-refractivity contribution in [3.05, 3.63) is 96.4 Å². The molecule has 3 fully saturated rings. The van der Waals surface area contributed by atoms with E-state index in [2.05, 4.69) is 10.3 Å². The van der Waals surface area contributed by atoms with Crippen LogP contribution in [0.2, 0.25) is 10.0 Å². The third-order valence-corrected chi connectivity index (χ3v) is 13.5. The Kier molecular flexibility index (Phi) is 7.86. The summed E-state index contributed by atoms with van der Waals surface area (Å²) in [4.78, 5) is 58.5. The number of hydrogen-bond acceptors (Lipinski definition) is 8. The summed E-state index contributed by atoms with van der Waals surface area (Å²) in [6, 6.07) is 17.9. The quantitative estimate of drug-likeness (QED) is 0.203. The number of amides is 3. The van der Waals surface area contributed by atoms with Crippen LogP contribution < -0.4 is 24.6 Å². The highest BCUT2D eigenvalue weighted by Crippen LogP contribution is 2.68. The zero-order chi connectivity index (χ0) is 33.4. The Hall–Kier alpha value is -3.77. The lowest BCUT2D eigenvalue weighted by Gasteiger charge is -2.43. The first-order valence-corrected chi connectivity index (χ1v) is 18.0. The van der Waals surface area contributed by atoms with Crippen LogP contribution in [0, 0.1) is 36.5 Å². The number of aromatic nitrogens is 1. The van der Waals surface area contributed by atoms with Gasteiger partial charge in [0, 0.05) is 21.7 Å². The highest BCUT2D eigenvalue weighted by atomic mass is 35.5. The van der Waals surface area contributed by atoms with Crippen molar-refractivity contribution in [3.8, 4) is 11.5 Å². The number of aromatic amines is 1. The van der Waals surface area contributed by atoms with Crippen LogP contribution in [0.4, 0.5) is 11.4 Å². The van der Waals surface area contributed by atoms with Crippen LogP contribution in [0.15, 0.2) is 70.5 Å². The van der Waals surface area contributed by atoms with E-state index < -0.39 is 5.92 Å². The molecule has 2 aliphatic heterocycles. The molecule has 1 aromatic heterocycles. The van der Waals surface area contributed by atoms with E-state index in [0.717, 1.165) is 27.5 Å². The van der Waals surface area contributed by atoms with Gasteiger partial charge in [-0.15, -0.1) is 11.8 Å². The average Bonchev–Trinajstić information content (AvgIpc) is 3.81. The van der Waals surface area contributed by atoms with Gasteiger partial charge in [-0.25, -0.2) is 0 Å². The fourth-order valence-corrected chi connectivity index (χ4v) is 11.4. The lowest BCUT2D eigenvalue weighted by atomic mass is 9.68. The zero-order valence-corrected chi connectivity index (χ0v) is 28.8. The van der Waals surface area contributed by atoms with Gasteiger partial charge in [-0.3, -0.25) is 24.1 Å². The summed E-state index contributed by atoms with van der Waals surface area (Å²) < 4.78 is 11.6. The third kappa shape index (κ3) is 5.05. The van der Waals surface area contributed by atoms with Crippen molar-refractivity contribution in [2.45, 2.75) is 29.5 Å². The van der Waals surface area contributed by atoms with E-state index in [1.54, 1.807) is 36.0 Å². The SMILES string of the molecule is COc1cc([C@H]2c3sc(=O)[nH]c3SC3C4CC(C5C(=O)N(c6ccc(C)cc6)C(=O)C45)C32)ccc1OCC(=O)Nc1ccc(Cl)c(Cl)c1. The van der Waals surface area contributed by atoms with Crippen LogP contribution in [0.1, 0.15) is 28.3 Å². The number of carbonyl (C=O) groups is 3. The predicted molar refractivity (Wildman–Crippen MR) is 186 cm³/mol. The first-order valence-electron chi connectivity index (χ1n) is 15.5. The number of H-pyrrole nitrogens is 1. The average molecular weight is 723 g/mol. The number of nitrogens with one attached hydrogen (secondary N) is 2. The second kappa shape index (κ2) is 12.0. The number of nitrogens with zero attached hydrogens (tertiary/aromatic N) is 1. The van der Waals surface area contributed by atoms with Crippen LogP contribution in [0.25, 0.3) is 0 Å². The predicted octanol–water partition coefficient (Wildman–Crippen LogP) is 6.76. The molecule has 9 nitrogen and oxygen atoms in total. The van der Waals surface area contributed by atoms with Crippen LogP contribution in [-0.4, -0.2) is 41.7 Å². The molecule has 48 heavy (non-hydrogen) atoms. The van der Waals surface area contributed by atoms with Crippen LogP contribution in [0.3, 0.4) is 0 Å². The highest BCUT2D eigenvalue weighted by Gasteiger charge is 2.69. The molecule has 2 N–H and O–H groups in total. The Morgan fingerprint density at radius 1 is 0.958 bits per heavy atom. The molecule has 2 saturated carbocycles. The number of fused-ring (bicyclic) bond motifs is 9. The largest absolute Gasteiger partial charge is 0.493 e. The van der Waals surface area contributed by atoms with Crippen molar-refractivity contribution in [2.24, 2.45) is 29.6 Å². The van der Waals surface area contributed by atoms with Crippen LogP contribution in [-0.2, 0) is 14.4 Å². The molecule has 3 aromatic carbocycles. The molecule has 7 atom stereocenters. The molecule has 3 heterocycles. The van der Waals surface area contributed by atoms with Crippen molar-refractivity contribution in [3.63, 3.8) is 0 Å². The number of rotatable bonds is 7. The summed E-state index contributed by atoms with van der Waals surface area (Å²) in [5, 5.41) is 4.33. The van der Waals surface area contributed by atoms with Gasteiger partial charge >= 0.3 is 4.87 Å². The first kappa shape index (κ1) is 31.5. The molecule has 4 aromatic rings. The molecule has 246 valence electrons. The normalized spacial score (nSPS) is 26.7. The van der Waals surface area contributed by atoms with Crippen LogP contribution in [0.5, 0.6) is 11.5 Å². The minimum atomic E-state index is -0.399. The van der Waals surface area contributed by atoms with Crippen molar-refractivity contribution in [2.75, 3.05) is 23.9 Å². The zero-order valence-electron chi connectivity index (χ0n) is 25.7. The number of halogens is 2. The summed E-state index contributed by atoms with van der Waals surface area (Å²) in [5.41, 5.74) is 3.08. The second-order valence-corrected chi connectivity index (χ2v) is 15.7. The van der Waals surface area contributed by atoms with Gasteiger partial charge in [-0.05, 0) is 79.1 Å². The highest BCUT2D eigenvalue weighted by molar-refractivity contribution is 8.00. The van der Waals surface area contributed by atoms with Gasteiger partial charge in [0.2, 0.25) is 11.8 Å². The minimum absolute atomic E-state index is 0.0134. The van der Waals surface area contributed by atoms with Crippen molar-refractivity contribution in [1.29, 1.82) is 0 Å². The molecule has 2 aliphatic carbocycles. The molecule has 4 aliphatic rings. The van der Waals surface area contributed by atoms with Gasteiger partial charge in [0.05, 0.1) is 39.7 Å². The number of imide groups is 1. The Balaban J connectivity index is 1.08. The molecule has 1 saturated heterocycles. The van der Waals surface area contributed by atoms with E-state index in [0.29, 0.717) is 32.9 Å². The molecule has 3 amide bonds. The second-order valence-electron chi connectivity index (χ2n) is 12.7. The third-order valence-electron chi connectivity index (χ3n) is 10.1. The molecule has 0 radical (unpaired) electrons. The van der Waals surface area contributed by atoms with Gasteiger partial charge < -0.3 is 19.8 Å². The van der Waals surface area contributed by atoms with E-state index in [4.69, 9.17) is 32.7 Å². The maximum atomic E-state index is 14.0. The smallest absolute Gasteiger partial charge is 0.305 e. The maximum absolute atomic E-state index is 14.0. The Morgan fingerprint density at radius 2 is 1.71 bits per heavy atom. The molecule has 13 heteroatoms. The molecule has 0 spiro atoms. The van der Waals surface area contributed by atoms with E-state index in [9.17, 15) is 19.2 Å². The number of hydrogen-bond donors (Lipinski definition) is 2. The Morgan fingerprint density at radius 3 is 2.44 bits per heavy atom. The number of thioether (sulfide) groups is 1. The first-order chi connectivity index (χ1) is 23.1. The van der Waals surface area contributed by atoms with Gasteiger partial charge in [-0.1, -0.05) is 58.3 Å². The lowest BCUT2D eigenvalue weighted by Crippen LogP contribution is -2.42. The number of carbonyl (C=O) groups excluding carboxylic acids is 3. The molecular formula is C35H29Cl2N3O6S2. The molecular weight excluding hydrogens is 693 g/mol. The molecule has 2 bridgehead atoms. The standard InChI is InChI=1S/C35H29Cl2N3O6S2/c1-15-3-7-18(8-4-15)40-33(42)28-19-13-20(29(28)34(40)43)30-27(19)26(31-32(47-30)39-35(44)48-31)16-5-10-23(24(11-16)45-2)46-14-25(41)38-17-6-9-21(36)22(37)12-17/h3-12,19-20,26-30H,13-14H2,1-2H3,(H,38,41)(H,39,44)/t19?,20?,26-,27?,28?,29?,30?/m1/s1. The topological polar surface area (TPSA) is 118 Å². The van der Waals surface area contributed by atoms with Crippen molar-refractivity contribution >= 4 is 75.4 Å². The Bertz CT molecular complexity index is 2050.